The number of phenolic OH excluding ortho intramolecular Hbond substituents is 1. The maximum Gasteiger partial charge on any atom is 0.276 e. The molecule has 0 aliphatic rings. The van der Waals surface area contributed by atoms with Crippen LogP contribution >= 0.6 is 0 Å². The number of nitriles is 1. The number of aliphatic hydroxyl groups excluding tert-OH is 1. The molecular formula is C10H9N2O3. The Morgan fingerprint density at radius 1 is 1.53 bits per heavy atom. The first kappa shape index (κ1) is 11.0. The largest absolute Gasteiger partial charge is 0.507 e. The van der Waals surface area contributed by atoms with Crippen molar-refractivity contribution in [1.29, 1.82) is 5.26 Å². The summed E-state index contributed by atoms with van der Waals surface area (Å²) in [6.45, 7) is -0.221. The van der Waals surface area contributed by atoms with Crippen LogP contribution in [0.25, 0.3) is 0 Å². The van der Waals surface area contributed by atoms with Crippen molar-refractivity contribution in [2.24, 2.45) is 0 Å². The summed E-state index contributed by atoms with van der Waals surface area (Å²) in [5, 5.41) is 29.9. The highest BCUT2D eigenvalue weighted by Crippen LogP contribution is 2.18. The van der Waals surface area contributed by atoms with E-state index in [0.717, 1.165) is 0 Å². The Hall–Kier alpha value is -2.06. The van der Waals surface area contributed by atoms with E-state index in [4.69, 9.17) is 10.4 Å². The molecule has 0 saturated carbocycles. The van der Waals surface area contributed by atoms with E-state index >= 15 is 0 Å². The summed E-state index contributed by atoms with van der Waals surface area (Å²) in [6, 6.07) is 5.78. The van der Waals surface area contributed by atoms with Crippen LogP contribution < -0.4 is 5.32 Å². The molecule has 5 nitrogen and oxygen atoms in total. The van der Waals surface area contributed by atoms with Gasteiger partial charge < -0.3 is 10.2 Å². The third-order valence-corrected chi connectivity index (χ3v) is 1.71. The molecule has 1 rings (SSSR count). The zero-order chi connectivity index (χ0) is 11.3. The van der Waals surface area contributed by atoms with Crippen LogP contribution in [0.2, 0.25) is 0 Å². The molecule has 1 aromatic rings. The minimum absolute atomic E-state index is 0.00171. The number of rotatable bonds is 3. The van der Waals surface area contributed by atoms with E-state index in [0.29, 0.717) is 0 Å². The van der Waals surface area contributed by atoms with Crippen LogP contribution in [0, 0.1) is 11.3 Å². The lowest BCUT2D eigenvalue weighted by Gasteiger charge is -2.02. The molecule has 0 unspecified atom stereocenters. The molecule has 2 N–H and O–H groups in total. The standard InChI is InChI=1S/C10H9N2O3/c11-6-7-1-2-8(9(14)5-7)10(15)12-3-4-13/h1-2,5,13-14H,3-4H2. The molecule has 0 aliphatic heterocycles. The molecule has 1 aromatic carbocycles. The van der Waals surface area contributed by atoms with Gasteiger partial charge in [0.25, 0.3) is 5.91 Å². The average Bonchev–Trinajstić information content (AvgIpc) is 2.25. The second-order valence-corrected chi connectivity index (χ2v) is 2.75. The Morgan fingerprint density at radius 3 is 2.80 bits per heavy atom. The number of hydrogen-bond acceptors (Lipinski definition) is 4. The Bertz CT molecular complexity index is 410. The number of carbonyl (C=O) groups excluding carboxylic acids is 1. The monoisotopic (exact) mass is 205 g/mol. The lowest BCUT2D eigenvalue weighted by molar-refractivity contribution is 0.0937. The maximum absolute atomic E-state index is 11.3. The molecule has 0 atom stereocenters. The average molecular weight is 205 g/mol. The quantitative estimate of drug-likeness (QED) is 0.726. The first-order chi connectivity index (χ1) is 7.19. The van der Waals surface area contributed by atoms with Crippen molar-refractivity contribution in [1.82, 2.24) is 5.32 Å². The molecule has 1 amide bonds. The number of aliphatic hydroxyl groups is 1. The molecule has 0 aliphatic carbocycles. The molecule has 0 aromatic heterocycles. The van der Waals surface area contributed by atoms with Gasteiger partial charge in [-0.3, -0.25) is 4.79 Å². The normalized spacial score (nSPS) is 9.33. The first-order valence-corrected chi connectivity index (χ1v) is 4.25. The molecule has 77 valence electrons. The van der Waals surface area contributed by atoms with E-state index in [2.05, 4.69) is 5.32 Å². The van der Waals surface area contributed by atoms with Crippen LogP contribution in [-0.2, 0) is 0 Å². The number of amides is 1. The minimum atomic E-state index is -0.606. The lowest BCUT2D eigenvalue weighted by Crippen LogP contribution is -2.19. The lowest BCUT2D eigenvalue weighted by atomic mass is 10.1. The van der Waals surface area contributed by atoms with Gasteiger partial charge in [0.15, 0.2) is 0 Å². The van der Waals surface area contributed by atoms with Gasteiger partial charge >= 0.3 is 0 Å². The first-order valence-electron chi connectivity index (χ1n) is 4.25. The van der Waals surface area contributed by atoms with E-state index in [-0.39, 0.29) is 30.0 Å². The van der Waals surface area contributed by atoms with Crippen LogP contribution in [0.5, 0.6) is 5.75 Å². The fourth-order valence-corrected chi connectivity index (χ4v) is 1.02. The number of aromatic hydroxyl groups is 1. The summed E-state index contributed by atoms with van der Waals surface area (Å²) in [7, 11) is 0. The van der Waals surface area contributed by atoms with E-state index in [9.17, 15) is 9.90 Å². The highest BCUT2D eigenvalue weighted by Gasteiger charge is 2.11. The third-order valence-electron chi connectivity index (χ3n) is 1.71. The van der Waals surface area contributed by atoms with Gasteiger partial charge in [0, 0.05) is 0 Å². The van der Waals surface area contributed by atoms with E-state index in [1.165, 1.54) is 18.2 Å². The van der Waals surface area contributed by atoms with Crippen LogP contribution in [0.1, 0.15) is 15.9 Å². The topological polar surface area (TPSA) is 95.4 Å². The zero-order valence-electron chi connectivity index (χ0n) is 7.84. The predicted octanol–water partition coefficient (Wildman–Crippen LogP) is 0.000780. The van der Waals surface area contributed by atoms with Gasteiger partial charge in [0.05, 0.1) is 30.3 Å². The van der Waals surface area contributed by atoms with Gasteiger partial charge in [-0.05, 0) is 18.2 Å². The van der Waals surface area contributed by atoms with E-state index < -0.39 is 5.91 Å². The summed E-state index contributed by atoms with van der Waals surface area (Å²) in [5.74, 6) is -0.883. The number of benzene rings is 1. The van der Waals surface area contributed by atoms with Crippen LogP contribution in [0.3, 0.4) is 0 Å². The predicted molar refractivity (Wildman–Crippen MR) is 51.2 cm³/mol. The third kappa shape index (κ3) is 2.69. The smallest absolute Gasteiger partial charge is 0.276 e. The van der Waals surface area contributed by atoms with Gasteiger partial charge in [0.2, 0.25) is 0 Å². The van der Waals surface area contributed by atoms with Crippen LogP contribution in [-0.4, -0.2) is 29.3 Å². The molecule has 5 heteroatoms. The van der Waals surface area contributed by atoms with Crippen molar-refractivity contribution in [3.8, 4) is 11.8 Å². The summed E-state index contributed by atoms with van der Waals surface area (Å²) < 4.78 is 0. The summed E-state index contributed by atoms with van der Waals surface area (Å²) in [6.07, 6.45) is 0. The van der Waals surface area contributed by atoms with Crippen molar-refractivity contribution in [3.05, 3.63) is 29.3 Å². The highest BCUT2D eigenvalue weighted by molar-refractivity contribution is 5.96. The molecule has 0 spiro atoms. The number of phenols is 1. The summed E-state index contributed by atoms with van der Waals surface area (Å²) in [4.78, 5) is 11.3. The van der Waals surface area contributed by atoms with Crippen molar-refractivity contribution in [3.63, 3.8) is 0 Å². The molecule has 15 heavy (non-hydrogen) atoms. The fraction of sp³-hybridized carbons (Fsp3) is 0.200. The van der Waals surface area contributed by atoms with E-state index in [1.807, 2.05) is 6.07 Å². The van der Waals surface area contributed by atoms with E-state index in [1.54, 1.807) is 0 Å². The summed E-state index contributed by atoms with van der Waals surface area (Å²) in [5.41, 5.74) is 0.300. The Morgan fingerprint density at radius 2 is 2.27 bits per heavy atom. The molecule has 0 fully saturated rings. The Labute approximate surface area is 86.6 Å². The zero-order valence-corrected chi connectivity index (χ0v) is 7.84. The van der Waals surface area contributed by atoms with Crippen molar-refractivity contribution >= 4 is 5.91 Å². The van der Waals surface area contributed by atoms with Gasteiger partial charge in [0.1, 0.15) is 5.75 Å². The van der Waals surface area contributed by atoms with Crippen molar-refractivity contribution < 1.29 is 15.0 Å². The molecule has 0 heterocycles. The number of nitrogens with zero attached hydrogens (tertiary/aromatic N) is 2. The van der Waals surface area contributed by atoms with Crippen molar-refractivity contribution in [2.75, 3.05) is 13.2 Å². The molecule has 0 saturated heterocycles. The fourth-order valence-electron chi connectivity index (χ4n) is 1.02. The summed E-state index contributed by atoms with van der Waals surface area (Å²) >= 11 is 0. The Balaban J connectivity index is 2.87. The van der Waals surface area contributed by atoms with Gasteiger partial charge in [-0.15, -0.1) is 0 Å². The van der Waals surface area contributed by atoms with Crippen LogP contribution in [0.15, 0.2) is 18.2 Å². The SMILES string of the molecule is N#Cc1ccc(C(=O)[N]CCO)c(O)c1. The molecule has 0 bridgehead atoms. The maximum atomic E-state index is 11.3. The second-order valence-electron chi connectivity index (χ2n) is 2.75. The van der Waals surface area contributed by atoms with Crippen molar-refractivity contribution in [2.45, 2.75) is 0 Å². The molecule has 1 radical (unpaired) electrons. The molecular weight excluding hydrogens is 196 g/mol. The Kier molecular flexibility index (Phi) is 3.66. The number of carbonyl (C=O) groups is 1. The number of hydrogen-bond donors (Lipinski definition) is 2. The highest BCUT2D eigenvalue weighted by atomic mass is 16.3. The van der Waals surface area contributed by atoms with Crippen LogP contribution in [0.4, 0.5) is 0 Å². The van der Waals surface area contributed by atoms with Gasteiger partial charge in [-0.25, -0.2) is 5.32 Å². The second kappa shape index (κ2) is 4.98. The van der Waals surface area contributed by atoms with Gasteiger partial charge in [-0.1, -0.05) is 0 Å². The van der Waals surface area contributed by atoms with Gasteiger partial charge in [-0.2, -0.15) is 5.26 Å². The minimum Gasteiger partial charge on any atom is -0.507 e.